The molecule has 1 rings (SSSR count). The van der Waals surface area contributed by atoms with Gasteiger partial charge in [-0.15, -0.1) is 0 Å². The number of aliphatic imine (C=N–C) groups is 1. The Morgan fingerprint density at radius 1 is 1.67 bits per heavy atom. The van der Waals surface area contributed by atoms with Crippen LogP contribution < -0.4 is 0 Å². The van der Waals surface area contributed by atoms with Crippen molar-refractivity contribution in [3.63, 3.8) is 0 Å². The molecule has 12 heavy (non-hydrogen) atoms. The molecule has 0 aromatic carbocycles. The van der Waals surface area contributed by atoms with Gasteiger partial charge in [-0.3, -0.25) is 0 Å². The molecule has 0 unspecified atom stereocenters. The normalized spacial score (nSPS) is 26.9. The van der Waals surface area contributed by atoms with Gasteiger partial charge in [-0.2, -0.15) is 0 Å². The average Bonchev–Trinajstić information content (AvgIpc) is 2.49. The third-order valence-electron chi connectivity index (χ3n) is 1.50. The van der Waals surface area contributed by atoms with E-state index < -0.39 is 24.9 Å². The largest absolute Gasteiger partial charge is 0.452 e. The van der Waals surface area contributed by atoms with E-state index in [1.807, 2.05) is 0 Å². The van der Waals surface area contributed by atoms with Crippen LogP contribution in [0.1, 0.15) is 0 Å². The molecule has 0 saturated heterocycles. The number of rotatable bonds is 3. The van der Waals surface area contributed by atoms with Crippen LogP contribution in [0.5, 0.6) is 0 Å². The average molecular weight is 174 g/mol. The smallest absolute Gasteiger partial charge is 0.309 e. The van der Waals surface area contributed by atoms with Crippen LogP contribution in [0, 0.1) is 5.41 Å². The van der Waals surface area contributed by atoms with Crippen molar-refractivity contribution in [2.75, 3.05) is 6.61 Å². The van der Waals surface area contributed by atoms with Crippen molar-refractivity contribution in [1.82, 2.24) is 0 Å². The molecule has 0 spiro atoms. The van der Waals surface area contributed by atoms with E-state index in [0.717, 1.165) is 0 Å². The van der Waals surface area contributed by atoms with Crippen LogP contribution in [0.4, 0.5) is 0 Å². The van der Waals surface area contributed by atoms with Crippen molar-refractivity contribution in [3.8, 4) is 0 Å². The third-order valence-corrected chi connectivity index (χ3v) is 1.50. The van der Waals surface area contributed by atoms with Crippen molar-refractivity contribution in [2.45, 2.75) is 18.3 Å². The zero-order valence-corrected chi connectivity index (χ0v) is 6.21. The molecule has 0 aromatic heterocycles. The Labute approximate surface area is 68.6 Å². The lowest BCUT2D eigenvalue weighted by Crippen LogP contribution is -2.40. The summed E-state index contributed by atoms with van der Waals surface area (Å²) < 4.78 is 4.69. The fraction of sp³-hybridized carbons (Fsp3) is 0.667. The Balaban J connectivity index is 2.49. The second kappa shape index (κ2) is 3.61. The number of hydrogen-bond donors (Lipinski definition) is 4. The Hall–Kier alpha value is -0.980. The molecule has 4 N–H and O–H groups in total. The quantitative estimate of drug-likeness (QED) is 0.401. The second-order valence-corrected chi connectivity index (χ2v) is 2.41. The predicted octanol–water partition coefficient (Wildman–Crippen LogP) is -1.90. The first-order chi connectivity index (χ1) is 5.65. The van der Waals surface area contributed by atoms with Gasteiger partial charge in [0, 0.05) is 0 Å². The molecular formula is C6H10N2O4. The summed E-state index contributed by atoms with van der Waals surface area (Å²) in [6.45, 7) is -0.553. The standard InChI is InChI=1S/C6H10N2O4/c7-6-8-1-4(12-6)5(11)3(10)2-9/h1,3-5,7,9-11H,2H2/t3-,4+,5-/m1/s1. The summed E-state index contributed by atoms with van der Waals surface area (Å²) in [5.74, 6) is 0. The molecule has 1 heterocycles. The van der Waals surface area contributed by atoms with Crippen LogP contribution in [-0.4, -0.2) is 52.5 Å². The minimum atomic E-state index is -1.27. The van der Waals surface area contributed by atoms with Crippen LogP contribution in [0.25, 0.3) is 0 Å². The molecule has 6 heteroatoms. The number of nitrogens with one attached hydrogen (secondary N) is 1. The minimum absolute atomic E-state index is 0.302. The van der Waals surface area contributed by atoms with Gasteiger partial charge < -0.3 is 20.1 Å². The third kappa shape index (κ3) is 1.79. The van der Waals surface area contributed by atoms with E-state index in [2.05, 4.69) is 9.73 Å². The Bertz CT molecular complexity index is 206. The highest BCUT2D eigenvalue weighted by Crippen LogP contribution is 2.08. The molecule has 68 valence electrons. The van der Waals surface area contributed by atoms with Gasteiger partial charge in [0.1, 0.15) is 12.2 Å². The molecule has 0 bridgehead atoms. The van der Waals surface area contributed by atoms with Crippen LogP contribution in [-0.2, 0) is 4.74 Å². The van der Waals surface area contributed by atoms with E-state index in [4.69, 9.17) is 15.6 Å². The summed E-state index contributed by atoms with van der Waals surface area (Å²) >= 11 is 0. The van der Waals surface area contributed by atoms with Gasteiger partial charge in [-0.25, -0.2) is 10.4 Å². The van der Waals surface area contributed by atoms with Crippen LogP contribution in [0.15, 0.2) is 4.99 Å². The van der Waals surface area contributed by atoms with Crippen molar-refractivity contribution in [1.29, 1.82) is 5.41 Å². The zero-order chi connectivity index (χ0) is 9.14. The Morgan fingerprint density at radius 3 is 2.75 bits per heavy atom. The van der Waals surface area contributed by atoms with Crippen LogP contribution in [0.3, 0.4) is 0 Å². The molecule has 0 saturated carbocycles. The summed E-state index contributed by atoms with van der Waals surface area (Å²) in [6.07, 6.45) is -2.14. The van der Waals surface area contributed by atoms with E-state index in [0.29, 0.717) is 0 Å². The van der Waals surface area contributed by atoms with Gasteiger partial charge in [-0.1, -0.05) is 0 Å². The van der Waals surface area contributed by atoms with E-state index in [9.17, 15) is 5.11 Å². The molecule has 0 fully saturated rings. The summed E-state index contributed by atoms with van der Waals surface area (Å²) in [7, 11) is 0. The number of ether oxygens (including phenoxy) is 1. The zero-order valence-electron chi connectivity index (χ0n) is 6.21. The van der Waals surface area contributed by atoms with Gasteiger partial charge in [0.25, 0.3) is 0 Å². The fourth-order valence-corrected chi connectivity index (χ4v) is 0.816. The van der Waals surface area contributed by atoms with Gasteiger partial charge in [-0.05, 0) is 0 Å². The number of aliphatic hydroxyl groups is 3. The summed E-state index contributed by atoms with van der Waals surface area (Å²) in [6, 6.07) is -0.302. The molecule has 1 aliphatic heterocycles. The number of aliphatic hydroxyl groups excluding tert-OH is 3. The van der Waals surface area contributed by atoms with Crippen molar-refractivity contribution in [3.05, 3.63) is 0 Å². The van der Waals surface area contributed by atoms with E-state index in [1.165, 1.54) is 6.21 Å². The fourth-order valence-electron chi connectivity index (χ4n) is 0.816. The van der Waals surface area contributed by atoms with Crippen LogP contribution in [0.2, 0.25) is 0 Å². The molecule has 3 atom stereocenters. The highest BCUT2D eigenvalue weighted by molar-refractivity contribution is 5.89. The van der Waals surface area contributed by atoms with Gasteiger partial charge in [0.05, 0.1) is 12.8 Å². The second-order valence-electron chi connectivity index (χ2n) is 2.41. The highest BCUT2D eigenvalue weighted by atomic mass is 16.5. The van der Waals surface area contributed by atoms with Gasteiger partial charge >= 0.3 is 6.02 Å². The van der Waals surface area contributed by atoms with Gasteiger partial charge in [0.15, 0.2) is 6.10 Å². The first kappa shape index (κ1) is 9.11. The number of hydrogen-bond acceptors (Lipinski definition) is 5. The maximum absolute atomic E-state index is 9.21. The monoisotopic (exact) mass is 174 g/mol. The summed E-state index contributed by atoms with van der Waals surface area (Å²) in [5, 5.41) is 33.5. The lowest BCUT2D eigenvalue weighted by atomic mass is 10.1. The minimum Gasteiger partial charge on any atom is -0.452 e. The SMILES string of the molecule is N=C1N=C[C@@H]([C@H](O)[C@H](O)CO)O1. The molecule has 0 aromatic rings. The summed E-state index contributed by atoms with van der Waals surface area (Å²) in [4.78, 5) is 3.44. The number of amidine groups is 1. The topological polar surface area (TPSA) is 106 Å². The predicted molar refractivity (Wildman–Crippen MR) is 40.2 cm³/mol. The van der Waals surface area contributed by atoms with E-state index in [-0.39, 0.29) is 6.02 Å². The molecule has 6 nitrogen and oxygen atoms in total. The highest BCUT2D eigenvalue weighted by Gasteiger charge is 2.29. The first-order valence-corrected chi connectivity index (χ1v) is 3.41. The lowest BCUT2D eigenvalue weighted by Gasteiger charge is -2.19. The molecule has 0 amide bonds. The van der Waals surface area contributed by atoms with Crippen molar-refractivity contribution in [2.24, 2.45) is 4.99 Å². The maximum atomic E-state index is 9.21. The Morgan fingerprint density at radius 2 is 2.33 bits per heavy atom. The molecule has 0 radical (unpaired) electrons. The lowest BCUT2D eigenvalue weighted by molar-refractivity contribution is -0.0489. The maximum Gasteiger partial charge on any atom is 0.309 e. The van der Waals surface area contributed by atoms with Crippen LogP contribution >= 0.6 is 0 Å². The molecule has 0 aliphatic carbocycles. The van der Waals surface area contributed by atoms with Crippen molar-refractivity contribution >= 4 is 12.2 Å². The molecule has 1 aliphatic rings. The Kier molecular flexibility index (Phi) is 2.74. The van der Waals surface area contributed by atoms with Crippen molar-refractivity contribution < 1.29 is 20.1 Å². The summed E-state index contributed by atoms with van der Waals surface area (Å²) in [5.41, 5.74) is 0. The van der Waals surface area contributed by atoms with Gasteiger partial charge in [0.2, 0.25) is 0 Å². The van der Waals surface area contributed by atoms with E-state index in [1.54, 1.807) is 0 Å². The molecular weight excluding hydrogens is 164 g/mol. The number of nitrogens with zero attached hydrogens (tertiary/aromatic N) is 1. The first-order valence-electron chi connectivity index (χ1n) is 3.41. The van der Waals surface area contributed by atoms with E-state index >= 15 is 0 Å².